The van der Waals surface area contributed by atoms with E-state index in [9.17, 15) is 0 Å². The Morgan fingerprint density at radius 3 is 2.79 bits per heavy atom. The minimum atomic E-state index is 0.135. The summed E-state index contributed by atoms with van der Waals surface area (Å²) >= 11 is 0. The molecule has 0 bridgehead atoms. The molecule has 4 heteroatoms. The van der Waals surface area contributed by atoms with E-state index in [0.29, 0.717) is 13.2 Å². The van der Waals surface area contributed by atoms with Gasteiger partial charge < -0.3 is 15.0 Å². The number of nitrogens with zero attached hydrogens (tertiary/aromatic N) is 2. The Kier molecular flexibility index (Phi) is 4.93. The topological polar surface area (TPSA) is 53.1 Å². The lowest BCUT2D eigenvalue weighted by Gasteiger charge is -2.16. The van der Waals surface area contributed by atoms with E-state index in [0.717, 1.165) is 30.7 Å². The van der Waals surface area contributed by atoms with Gasteiger partial charge in [-0.05, 0) is 25.5 Å². The second-order valence-electron chi connectivity index (χ2n) is 4.62. The minimum Gasteiger partial charge on any atom is -0.377 e. The predicted octanol–water partition coefficient (Wildman–Crippen LogP) is 2.35. The van der Waals surface area contributed by atoms with Crippen molar-refractivity contribution in [2.75, 3.05) is 13.2 Å². The van der Waals surface area contributed by atoms with E-state index in [1.165, 1.54) is 5.52 Å². The smallest absolute Gasteiger partial charge is 0.109 e. The fraction of sp³-hybridized carbons (Fsp3) is 0.533. The highest BCUT2D eigenvalue weighted by Gasteiger charge is 2.11. The van der Waals surface area contributed by atoms with E-state index in [1.54, 1.807) is 0 Å². The average molecular weight is 261 g/mol. The highest BCUT2D eigenvalue weighted by molar-refractivity contribution is 5.75. The van der Waals surface area contributed by atoms with Crippen molar-refractivity contribution in [2.45, 2.75) is 39.3 Å². The summed E-state index contributed by atoms with van der Waals surface area (Å²) in [6, 6.07) is 8.28. The van der Waals surface area contributed by atoms with Crippen LogP contribution in [0.3, 0.4) is 0 Å². The molecule has 2 N–H and O–H groups in total. The van der Waals surface area contributed by atoms with Gasteiger partial charge in [-0.3, -0.25) is 0 Å². The lowest BCUT2D eigenvalue weighted by molar-refractivity contribution is 0.0600. The molecule has 1 aromatic heterocycles. The third-order valence-corrected chi connectivity index (χ3v) is 3.39. The van der Waals surface area contributed by atoms with E-state index in [1.807, 2.05) is 13.0 Å². The third kappa shape index (κ3) is 3.14. The summed E-state index contributed by atoms with van der Waals surface area (Å²) < 4.78 is 7.90. The quantitative estimate of drug-likeness (QED) is 0.832. The number of benzene rings is 1. The largest absolute Gasteiger partial charge is 0.377 e. The number of aryl methyl sites for hydroxylation is 2. The summed E-state index contributed by atoms with van der Waals surface area (Å²) in [4.78, 5) is 4.67. The third-order valence-electron chi connectivity index (χ3n) is 3.39. The average Bonchev–Trinajstić information content (AvgIpc) is 2.81. The normalized spacial score (nSPS) is 13.0. The number of hydrogen-bond donors (Lipinski definition) is 1. The van der Waals surface area contributed by atoms with Crippen LogP contribution < -0.4 is 5.73 Å². The van der Waals surface area contributed by atoms with Crippen molar-refractivity contribution >= 4 is 11.0 Å². The molecule has 4 nitrogen and oxygen atoms in total. The second kappa shape index (κ2) is 6.68. The first kappa shape index (κ1) is 14.0. The molecule has 0 spiro atoms. The molecule has 1 atom stereocenters. The molecule has 1 unspecified atom stereocenters. The van der Waals surface area contributed by atoms with Gasteiger partial charge in [0.05, 0.1) is 17.1 Å². The van der Waals surface area contributed by atoms with Gasteiger partial charge in [0.25, 0.3) is 0 Å². The monoisotopic (exact) mass is 261 g/mol. The molecule has 0 saturated heterocycles. The van der Waals surface area contributed by atoms with Crippen molar-refractivity contribution in [3.63, 3.8) is 0 Å². The number of hydrogen-bond acceptors (Lipinski definition) is 3. The van der Waals surface area contributed by atoms with Crippen LogP contribution in [0, 0.1) is 0 Å². The molecule has 19 heavy (non-hydrogen) atoms. The van der Waals surface area contributed by atoms with Crippen molar-refractivity contribution < 1.29 is 4.74 Å². The van der Waals surface area contributed by atoms with Crippen molar-refractivity contribution in [3.05, 3.63) is 30.1 Å². The molecule has 1 heterocycles. The fourth-order valence-corrected chi connectivity index (χ4v) is 2.42. The Labute approximate surface area is 114 Å². The molecule has 2 rings (SSSR count). The molecular weight excluding hydrogens is 238 g/mol. The molecule has 0 amide bonds. The first-order chi connectivity index (χ1) is 9.30. The van der Waals surface area contributed by atoms with Gasteiger partial charge in [0.15, 0.2) is 0 Å². The molecule has 2 aromatic rings. The number of para-hydroxylation sites is 2. The number of aromatic nitrogens is 2. The number of nitrogens with two attached hydrogens (primary N) is 1. The van der Waals surface area contributed by atoms with Crippen LogP contribution in [0.15, 0.2) is 24.3 Å². The standard InChI is InChI=1S/C15H23N3O/c1-3-15-17-13-7-5-6-8-14(13)18(15)10-9-12(11-16)19-4-2/h5-8,12H,3-4,9-11,16H2,1-2H3. The van der Waals surface area contributed by atoms with Crippen LogP contribution in [0.5, 0.6) is 0 Å². The van der Waals surface area contributed by atoms with Gasteiger partial charge in [-0.1, -0.05) is 19.1 Å². The first-order valence-electron chi connectivity index (χ1n) is 7.05. The van der Waals surface area contributed by atoms with Crippen LogP contribution in [-0.2, 0) is 17.7 Å². The van der Waals surface area contributed by atoms with Crippen LogP contribution in [-0.4, -0.2) is 28.8 Å². The number of ether oxygens (including phenoxy) is 1. The van der Waals surface area contributed by atoms with Crippen LogP contribution in [0.25, 0.3) is 11.0 Å². The first-order valence-corrected chi connectivity index (χ1v) is 7.05. The Hall–Kier alpha value is -1.39. The van der Waals surface area contributed by atoms with Gasteiger partial charge in [-0.25, -0.2) is 4.98 Å². The number of imidazole rings is 1. The van der Waals surface area contributed by atoms with Gasteiger partial charge in [0.2, 0.25) is 0 Å². The molecule has 0 radical (unpaired) electrons. The predicted molar refractivity (Wildman–Crippen MR) is 78.2 cm³/mol. The van der Waals surface area contributed by atoms with Crippen LogP contribution in [0.4, 0.5) is 0 Å². The minimum absolute atomic E-state index is 0.135. The van der Waals surface area contributed by atoms with Crippen molar-refractivity contribution in [3.8, 4) is 0 Å². The Balaban J connectivity index is 2.18. The maximum atomic E-state index is 5.73. The van der Waals surface area contributed by atoms with Gasteiger partial charge in [0, 0.05) is 26.1 Å². The zero-order valence-electron chi connectivity index (χ0n) is 11.8. The summed E-state index contributed by atoms with van der Waals surface area (Å²) in [6.45, 7) is 6.34. The van der Waals surface area contributed by atoms with Crippen LogP contribution >= 0.6 is 0 Å². The van der Waals surface area contributed by atoms with Crippen LogP contribution in [0.2, 0.25) is 0 Å². The highest BCUT2D eigenvalue weighted by Crippen LogP contribution is 2.17. The van der Waals surface area contributed by atoms with Gasteiger partial charge in [0.1, 0.15) is 5.82 Å². The van der Waals surface area contributed by atoms with Gasteiger partial charge in [-0.15, -0.1) is 0 Å². The molecule has 0 aliphatic carbocycles. The highest BCUT2D eigenvalue weighted by atomic mass is 16.5. The SMILES string of the molecule is CCOC(CN)CCn1c(CC)nc2ccccc21. The van der Waals surface area contributed by atoms with E-state index < -0.39 is 0 Å². The molecule has 0 saturated carbocycles. The molecular formula is C15H23N3O. The van der Waals surface area contributed by atoms with Crippen molar-refractivity contribution in [1.82, 2.24) is 9.55 Å². The summed E-state index contributed by atoms with van der Waals surface area (Å²) in [5.74, 6) is 1.13. The van der Waals surface area contributed by atoms with E-state index in [-0.39, 0.29) is 6.10 Å². The van der Waals surface area contributed by atoms with E-state index in [4.69, 9.17) is 10.5 Å². The Bertz CT molecular complexity index is 521. The summed E-state index contributed by atoms with van der Waals surface area (Å²) in [6.07, 6.45) is 2.00. The summed E-state index contributed by atoms with van der Waals surface area (Å²) in [5, 5.41) is 0. The van der Waals surface area contributed by atoms with Crippen molar-refractivity contribution in [2.24, 2.45) is 5.73 Å². The lowest BCUT2D eigenvalue weighted by Crippen LogP contribution is -2.25. The van der Waals surface area contributed by atoms with Gasteiger partial charge in [-0.2, -0.15) is 0 Å². The maximum Gasteiger partial charge on any atom is 0.109 e. The fourth-order valence-electron chi connectivity index (χ4n) is 2.42. The molecule has 0 aliphatic rings. The molecule has 1 aromatic carbocycles. The van der Waals surface area contributed by atoms with Crippen LogP contribution in [0.1, 0.15) is 26.1 Å². The van der Waals surface area contributed by atoms with E-state index >= 15 is 0 Å². The lowest BCUT2D eigenvalue weighted by atomic mass is 10.2. The summed E-state index contributed by atoms with van der Waals surface area (Å²) in [7, 11) is 0. The second-order valence-corrected chi connectivity index (χ2v) is 4.62. The Morgan fingerprint density at radius 1 is 1.32 bits per heavy atom. The summed E-state index contributed by atoms with van der Waals surface area (Å²) in [5.41, 5.74) is 8.00. The maximum absolute atomic E-state index is 5.73. The van der Waals surface area contributed by atoms with Crippen molar-refractivity contribution in [1.29, 1.82) is 0 Å². The van der Waals surface area contributed by atoms with Gasteiger partial charge >= 0.3 is 0 Å². The zero-order valence-corrected chi connectivity index (χ0v) is 11.8. The molecule has 104 valence electrons. The number of fused-ring (bicyclic) bond motifs is 1. The molecule has 0 aliphatic heterocycles. The molecule has 0 fully saturated rings. The zero-order chi connectivity index (χ0) is 13.7. The Morgan fingerprint density at radius 2 is 2.11 bits per heavy atom. The van der Waals surface area contributed by atoms with E-state index in [2.05, 4.69) is 34.7 Å². The number of rotatable bonds is 7.